The molecule has 2 N–H and O–H groups in total. The number of piperazine rings is 1. The number of halogens is 1. The Kier molecular flexibility index (Phi) is 8.11. The number of hydrogen-bond acceptors (Lipinski definition) is 6. The van der Waals surface area contributed by atoms with Gasteiger partial charge in [0.05, 0.1) is 24.8 Å². The van der Waals surface area contributed by atoms with Crippen molar-refractivity contribution in [3.63, 3.8) is 0 Å². The minimum absolute atomic E-state index is 0.0715. The van der Waals surface area contributed by atoms with Gasteiger partial charge in [-0.2, -0.15) is 0 Å². The van der Waals surface area contributed by atoms with Crippen molar-refractivity contribution in [2.45, 2.75) is 13.0 Å². The number of esters is 1. The van der Waals surface area contributed by atoms with Gasteiger partial charge >= 0.3 is 12.0 Å². The lowest BCUT2D eigenvalue weighted by molar-refractivity contribution is -0.139. The van der Waals surface area contributed by atoms with Crippen LogP contribution >= 0.6 is 11.6 Å². The second kappa shape index (κ2) is 10.8. The molecule has 1 fully saturated rings. The molecule has 174 valence electrons. The lowest BCUT2D eigenvalue weighted by Crippen LogP contribution is -2.52. The van der Waals surface area contributed by atoms with E-state index in [2.05, 4.69) is 20.4 Å². The molecule has 10 heteroatoms. The first-order valence-electron chi connectivity index (χ1n) is 10.7. The molecule has 3 rings (SSSR count). The number of nitrogens with zero attached hydrogens (tertiary/aromatic N) is 3. The predicted molar refractivity (Wildman–Crippen MR) is 121 cm³/mol. The Balaban J connectivity index is 1.79. The van der Waals surface area contributed by atoms with Gasteiger partial charge < -0.3 is 20.3 Å². The van der Waals surface area contributed by atoms with E-state index in [4.69, 9.17) is 16.3 Å². The number of nitrogens with one attached hydrogen (secondary N) is 2. The number of ether oxygens (including phenoxy) is 1. The number of benzene rings is 1. The second-order valence-electron chi connectivity index (χ2n) is 8.04. The van der Waals surface area contributed by atoms with E-state index in [1.807, 2.05) is 0 Å². The fourth-order valence-corrected chi connectivity index (χ4v) is 3.89. The number of rotatable bonds is 7. The topological polar surface area (TPSA) is 94.2 Å². The quantitative estimate of drug-likeness (QED) is 0.590. The van der Waals surface area contributed by atoms with Gasteiger partial charge in [-0.25, -0.2) is 9.59 Å². The molecule has 1 unspecified atom stereocenters. The molecule has 3 amide bonds. The Hall–Kier alpha value is -2.62. The van der Waals surface area contributed by atoms with E-state index in [0.717, 1.165) is 31.7 Å². The van der Waals surface area contributed by atoms with Crippen LogP contribution in [0.15, 0.2) is 35.5 Å². The summed E-state index contributed by atoms with van der Waals surface area (Å²) >= 11 is 6.01. The predicted octanol–water partition coefficient (Wildman–Crippen LogP) is 1.22. The zero-order valence-corrected chi connectivity index (χ0v) is 19.4. The summed E-state index contributed by atoms with van der Waals surface area (Å²) in [6.07, 6.45) is 0. The van der Waals surface area contributed by atoms with E-state index < -0.39 is 12.0 Å². The first-order chi connectivity index (χ1) is 15.3. The van der Waals surface area contributed by atoms with Crippen molar-refractivity contribution in [1.29, 1.82) is 0 Å². The fourth-order valence-electron chi connectivity index (χ4n) is 3.76. The summed E-state index contributed by atoms with van der Waals surface area (Å²) in [5, 5.41) is 6.21. The summed E-state index contributed by atoms with van der Waals surface area (Å²) < 4.78 is 5.31. The Morgan fingerprint density at radius 3 is 2.34 bits per heavy atom. The third-order valence-corrected chi connectivity index (χ3v) is 5.81. The molecule has 1 aromatic rings. The van der Waals surface area contributed by atoms with Crippen LogP contribution in [0.4, 0.5) is 4.79 Å². The Morgan fingerprint density at radius 2 is 1.75 bits per heavy atom. The Bertz CT molecular complexity index is 879. The highest BCUT2D eigenvalue weighted by Crippen LogP contribution is 2.29. The number of likely N-dealkylation sites (N-methyl/N-ethyl adjacent to an activating group) is 1. The molecule has 1 aromatic carbocycles. The van der Waals surface area contributed by atoms with E-state index in [1.165, 1.54) is 0 Å². The van der Waals surface area contributed by atoms with Crippen LogP contribution in [-0.4, -0.2) is 92.6 Å². The minimum Gasteiger partial charge on any atom is -0.463 e. The lowest BCUT2D eigenvalue weighted by atomic mass is 9.95. The van der Waals surface area contributed by atoms with Crippen LogP contribution < -0.4 is 10.6 Å². The molecule has 0 aliphatic carbocycles. The molecule has 0 aromatic heterocycles. The molecule has 0 radical (unpaired) electrons. The van der Waals surface area contributed by atoms with Crippen LogP contribution in [0.3, 0.4) is 0 Å². The van der Waals surface area contributed by atoms with Crippen LogP contribution in [0.1, 0.15) is 18.5 Å². The van der Waals surface area contributed by atoms with Gasteiger partial charge in [0.1, 0.15) is 0 Å². The third kappa shape index (κ3) is 5.99. The maximum absolute atomic E-state index is 12.9. The normalized spacial score (nSPS) is 19.9. The average molecular weight is 464 g/mol. The zero-order valence-electron chi connectivity index (χ0n) is 18.7. The molecule has 2 heterocycles. The molecule has 32 heavy (non-hydrogen) atoms. The van der Waals surface area contributed by atoms with Crippen molar-refractivity contribution in [1.82, 2.24) is 25.3 Å². The second-order valence-corrected chi connectivity index (χ2v) is 8.47. The van der Waals surface area contributed by atoms with Gasteiger partial charge in [0.2, 0.25) is 5.91 Å². The van der Waals surface area contributed by atoms with E-state index >= 15 is 0 Å². The molecule has 1 atom stereocenters. The molecule has 9 nitrogen and oxygen atoms in total. The molecule has 0 bridgehead atoms. The highest BCUT2D eigenvalue weighted by molar-refractivity contribution is 6.30. The maximum Gasteiger partial charge on any atom is 0.338 e. The summed E-state index contributed by atoms with van der Waals surface area (Å²) in [6.45, 7) is 5.67. The van der Waals surface area contributed by atoms with Gasteiger partial charge in [-0.1, -0.05) is 23.7 Å². The molecule has 1 saturated heterocycles. The van der Waals surface area contributed by atoms with Crippen molar-refractivity contribution in [2.75, 3.05) is 60.0 Å². The maximum atomic E-state index is 12.9. The number of amides is 3. The zero-order chi connectivity index (χ0) is 23.3. The van der Waals surface area contributed by atoms with Crippen molar-refractivity contribution < 1.29 is 19.1 Å². The minimum atomic E-state index is -0.630. The Morgan fingerprint density at radius 1 is 1.12 bits per heavy atom. The van der Waals surface area contributed by atoms with E-state index in [-0.39, 0.29) is 18.5 Å². The molecular weight excluding hydrogens is 434 g/mol. The molecule has 2 aliphatic heterocycles. The highest BCUT2D eigenvalue weighted by atomic mass is 35.5. The van der Waals surface area contributed by atoms with Gasteiger partial charge in [0.25, 0.3) is 0 Å². The molecule has 2 aliphatic rings. The fraction of sp³-hybridized carbons (Fsp3) is 0.500. The third-order valence-electron chi connectivity index (χ3n) is 5.56. The number of urea groups is 1. The summed E-state index contributed by atoms with van der Waals surface area (Å²) in [7, 11) is 3.50. The Labute approximate surface area is 193 Å². The molecular formula is C22H30ClN5O4. The van der Waals surface area contributed by atoms with E-state index in [0.29, 0.717) is 29.4 Å². The summed E-state index contributed by atoms with van der Waals surface area (Å²) in [4.78, 5) is 43.1. The van der Waals surface area contributed by atoms with Crippen molar-refractivity contribution in [2.24, 2.45) is 0 Å². The number of carbonyl (C=O) groups is 3. The summed E-state index contributed by atoms with van der Waals surface area (Å²) in [6, 6.07) is 6.02. The summed E-state index contributed by atoms with van der Waals surface area (Å²) in [5.41, 5.74) is 1.67. The van der Waals surface area contributed by atoms with Gasteiger partial charge in [-0.05, 0) is 24.6 Å². The molecule has 0 spiro atoms. The van der Waals surface area contributed by atoms with Gasteiger partial charge in [0, 0.05) is 57.5 Å². The molecule has 0 saturated carbocycles. The van der Waals surface area contributed by atoms with Crippen LogP contribution in [0.2, 0.25) is 5.02 Å². The largest absolute Gasteiger partial charge is 0.463 e. The highest BCUT2D eigenvalue weighted by Gasteiger charge is 2.34. The lowest BCUT2D eigenvalue weighted by Gasteiger charge is -2.37. The number of carbonyl (C=O) groups excluding carboxylic acids is 3. The van der Waals surface area contributed by atoms with Crippen molar-refractivity contribution >= 4 is 29.5 Å². The summed E-state index contributed by atoms with van der Waals surface area (Å²) in [5.74, 6) is -0.396. The van der Waals surface area contributed by atoms with Crippen LogP contribution in [0.25, 0.3) is 0 Å². The van der Waals surface area contributed by atoms with Gasteiger partial charge in [-0.3, -0.25) is 14.6 Å². The van der Waals surface area contributed by atoms with Gasteiger partial charge in [0.15, 0.2) is 0 Å². The van der Waals surface area contributed by atoms with Gasteiger partial charge in [-0.15, -0.1) is 0 Å². The van der Waals surface area contributed by atoms with E-state index in [9.17, 15) is 14.4 Å². The number of hydrogen-bond donors (Lipinski definition) is 2. The SMILES string of the molecule is CCOC(=O)C1=C(CN2CCN(CC(=O)N(C)C)CC2)NC(=O)NC1c1ccc(Cl)cc1. The smallest absolute Gasteiger partial charge is 0.338 e. The van der Waals surface area contributed by atoms with Crippen molar-refractivity contribution in [3.05, 3.63) is 46.1 Å². The van der Waals surface area contributed by atoms with Crippen LogP contribution in [-0.2, 0) is 14.3 Å². The van der Waals surface area contributed by atoms with E-state index in [1.54, 1.807) is 50.2 Å². The van der Waals surface area contributed by atoms with Crippen LogP contribution in [0, 0.1) is 0 Å². The first kappa shape index (κ1) is 24.0. The average Bonchev–Trinajstić information content (AvgIpc) is 2.75. The monoisotopic (exact) mass is 463 g/mol. The standard InChI is InChI=1S/C22H30ClN5O4/c1-4-32-21(30)19-17(13-27-9-11-28(12-10-27)14-18(29)26(2)3)24-22(31)25-20(19)15-5-7-16(23)8-6-15/h5-8,20H,4,9-14H2,1-3H3,(H2,24,25,31). The first-order valence-corrected chi connectivity index (χ1v) is 11.0. The van der Waals surface area contributed by atoms with Crippen LogP contribution in [0.5, 0.6) is 0 Å². The van der Waals surface area contributed by atoms with Crippen molar-refractivity contribution in [3.8, 4) is 0 Å².